The number of carbonyl (C=O) groups excluding carboxylic acids is 1. The highest BCUT2D eigenvalue weighted by atomic mass is 32.3. The van der Waals surface area contributed by atoms with Gasteiger partial charge in [0, 0.05) is 11.5 Å². The monoisotopic (exact) mass is 854 g/mol. The van der Waals surface area contributed by atoms with Crippen molar-refractivity contribution in [1.29, 1.82) is 0 Å². The molecule has 4 nitrogen and oxygen atoms in total. The molecule has 6 aromatic rings. The number of ketones is 1. The van der Waals surface area contributed by atoms with Gasteiger partial charge in [0.2, 0.25) is 0 Å². The maximum Gasteiger partial charge on any atom is 0.488 e. The van der Waals surface area contributed by atoms with E-state index >= 15 is 0 Å². The maximum absolute atomic E-state index is 13.3. The first-order chi connectivity index (χ1) is 29.2. The summed E-state index contributed by atoms with van der Waals surface area (Å²) >= 11 is 0. The highest BCUT2D eigenvalue weighted by Crippen LogP contribution is 2.63. The minimum absolute atomic E-state index is 0.0248. The fourth-order valence-corrected chi connectivity index (χ4v) is 15.9. The number of halogens is 1. The highest BCUT2D eigenvalue weighted by molar-refractivity contribution is 7.81. The summed E-state index contributed by atoms with van der Waals surface area (Å²) in [5.74, 6) is 1.84. The number of benzene rings is 6. The van der Waals surface area contributed by atoms with Crippen molar-refractivity contribution < 1.29 is 21.3 Å². The first-order valence-electron chi connectivity index (χ1n) is 21.3. The Morgan fingerprint density at radius 2 is 1.13 bits per heavy atom. The predicted octanol–water partition coefficient (Wildman–Crippen LogP) is 11.3. The third kappa shape index (κ3) is 9.68. The minimum atomic E-state index is -5.02. The molecule has 0 spiro atoms. The summed E-state index contributed by atoms with van der Waals surface area (Å²) in [6, 6.07) is 59.1. The Morgan fingerprint density at radius 1 is 0.650 bits per heavy atom. The van der Waals surface area contributed by atoms with Crippen molar-refractivity contribution in [2.45, 2.75) is 57.8 Å². The van der Waals surface area contributed by atoms with Gasteiger partial charge in [-0.25, -0.2) is 0 Å². The molecule has 60 heavy (non-hydrogen) atoms. The van der Waals surface area contributed by atoms with Crippen LogP contribution in [0.25, 0.3) is 0 Å². The molecular formula is C52H53FO4P2S. The summed E-state index contributed by atoms with van der Waals surface area (Å²) in [4.78, 5) is 13.3. The second kappa shape index (κ2) is 19.1. The second-order valence-corrected chi connectivity index (χ2v) is 22.3. The highest BCUT2D eigenvalue weighted by Gasteiger charge is 2.56. The Bertz CT molecular complexity index is 2280. The third-order valence-electron chi connectivity index (χ3n) is 13.3. The molecule has 3 aliphatic rings. The van der Waals surface area contributed by atoms with E-state index in [-0.39, 0.29) is 38.7 Å². The molecule has 0 unspecified atom stereocenters. The van der Waals surface area contributed by atoms with Gasteiger partial charge in [-0.1, -0.05) is 169 Å². The Morgan fingerprint density at radius 3 is 1.62 bits per heavy atom. The van der Waals surface area contributed by atoms with Crippen molar-refractivity contribution in [3.8, 4) is 5.75 Å². The molecule has 2 fully saturated rings. The van der Waals surface area contributed by atoms with Crippen molar-refractivity contribution in [2.75, 3.05) is 12.3 Å². The molecule has 3 aliphatic carbocycles. The van der Waals surface area contributed by atoms with E-state index in [1.807, 2.05) is 36.4 Å². The molecule has 9 rings (SSSR count). The van der Waals surface area contributed by atoms with Crippen LogP contribution in [0.3, 0.4) is 0 Å². The number of hydrogen-bond acceptors (Lipinski definition) is 4. The van der Waals surface area contributed by atoms with Crippen LogP contribution < -0.4 is 25.4 Å². The number of fused-ring (bicyclic) bond motifs is 5. The van der Waals surface area contributed by atoms with Crippen LogP contribution in [0.4, 0.5) is 3.89 Å². The van der Waals surface area contributed by atoms with E-state index in [1.54, 1.807) is 12.1 Å². The lowest BCUT2D eigenvalue weighted by atomic mass is 9.53. The average Bonchev–Trinajstić information content (AvgIpc) is 3.64. The Kier molecular flexibility index (Phi) is 13.4. The normalized spacial score (nSPS) is 21.9. The molecular weight excluding hydrogens is 802 g/mol. The number of hydrogen-bond donors (Lipinski definition) is 0. The lowest BCUT2D eigenvalue weighted by molar-refractivity contribution is 0.0276. The number of aryl methyl sites for hydroxylation is 1. The molecule has 0 radical (unpaired) electrons. The van der Waals surface area contributed by atoms with E-state index in [0.29, 0.717) is 17.8 Å². The van der Waals surface area contributed by atoms with Gasteiger partial charge < -0.3 is 4.18 Å². The van der Waals surface area contributed by atoms with Gasteiger partial charge in [0.1, 0.15) is 5.75 Å². The van der Waals surface area contributed by atoms with Gasteiger partial charge in [-0.05, 0) is 141 Å². The zero-order valence-electron chi connectivity index (χ0n) is 34.2. The summed E-state index contributed by atoms with van der Waals surface area (Å²) in [5, 5.41) is 5.94. The fourth-order valence-electron chi connectivity index (χ4n) is 10.6. The van der Waals surface area contributed by atoms with Crippen molar-refractivity contribution in [3.05, 3.63) is 187 Å². The summed E-state index contributed by atoms with van der Waals surface area (Å²) in [6.45, 7) is 2.32. The lowest BCUT2D eigenvalue weighted by Gasteiger charge is -2.50. The molecule has 2 saturated carbocycles. The van der Waals surface area contributed by atoms with E-state index in [9.17, 15) is 17.1 Å². The zero-order chi connectivity index (χ0) is 41.5. The van der Waals surface area contributed by atoms with Gasteiger partial charge in [-0.3, -0.25) is 4.79 Å². The van der Waals surface area contributed by atoms with Gasteiger partial charge in [-0.15, -0.1) is 0 Å². The molecule has 0 saturated heterocycles. The van der Waals surface area contributed by atoms with E-state index in [0.717, 1.165) is 49.7 Å². The Labute approximate surface area is 358 Å². The quantitative estimate of drug-likeness (QED) is 0.0699. The van der Waals surface area contributed by atoms with Crippen LogP contribution in [0.2, 0.25) is 0 Å². The minimum Gasteiger partial charge on any atom is -0.358 e. The molecule has 0 heterocycles. The van der Waals surface area contributed by atoms with Gasteiger partial charge in [0.05, 0.1) is 0 Å². The lowest BCUT2D eigenvalue weighted by Crippen LogP contribution is -2.44. The SMILES string of the molecule is C[C@]12CC[C@@H]3c4ccc(OS(=O)(=O)F)cc4CC[C@H]3[C@@H]1CC[C@@H]2C(=O)c1ccccc1.c1ccc(P(CCCP(c2ccccc2)c2ccccc2)c2ccccc2)cc1. The van der Waals surface area contributed by atoms with Crippen molar-refractivity contribution >= 4 is 53.3 Å². The molecule has 5 atom stereocenters. The number of carbonyl (C=O) groups is 1. The smallest absolute Gasteiger partial charge is 0.358 e. The van der Waals surface area contributed by atoms with Crippen LogP contribution in [0.15, 0.2) is 170 Å². The molecule has 0 N–H and O–H groups in total. The third-order valence-corrected chi connectivity index (χ3v) is 18.9. The van der Waals surface area contributed by atoms with E-state index in [4.69, 9.17) is 0 Å². The Balaban J connectivity index is 0.000000167. The van der Waals surface area contributed by atoms with Crippen LogP contribution >= 0.6 is 15.8 Å². The molecule has 0 aromatic heterocycles. The van der Waals surface area contributed by atoms with E-state index < -0.39 is 10.5 Å². The molecule has 0 bridgehead atoms. The zero-order valence-corrected chi connectivity index (χ0v) is 36.8. The number of rotatable bonds is 12. The second-order valence-electron chi connectivity index (χ2n) is 16.7. The van der Waals surface area contributed by atoms with E-state index in [1.165, 1.54) is 45.5 Å². The first-order valence-corrected chi connectivity index (χ1v) is 25.7. The summed E-state index contributed by atoms with van der Waals surface area (Å²) in [6.07, 6.45) is 9.61. The topological polar surface area (TPSA) is 60.4 Å². The fraction of sp³-hybridized carbons (Fsp3) is 0.288. The van der Waals surface area contributed by atoms with Crippen molar-refractivity contribution in [3.63, 3.8) is 0 Å². The Hall–Kier alpha value is -4.47. The van der Waals surface area contributed by atoms with Crippen LogP contribution in [0.5, 0.6) is 5.75 Å². The van der Waals surface area contributed by atoms with Crippen molar-refractivity contribution in [2.24, 2.45) is 23.2 Å². The predicted molar refractivity (Wildman–Crippen MR) is 248 cm³/mol. The summed E-state index contributed by atoms with van der Waals surface area (Å²) in [7, 11) is -5.63. The molecule has 0 amide bonds. The molecule has 8 heteroatoms. The summed E-state index contributed by atoms with van der Waals surface area (Å²) in [5.41, 5.74) is 3.14. The average molecular weight is 855 g/mol. The number of Topliss-reactive ketones (excluding diaryl/α,β-unsaturated/α-hetero) is 1. The summed E-state index contributed by atoms with van der Waals surface area (Å²) < 4.78 is 39.0. The van der Waals surface area contributed by atoms with Crippen LogP contribution in [0.1, 0.15) is 72.9 Å². The van der Waals surface area contributed by atoms with Gasteiger partial charge in [0.15, 0.2) is 5.78 Å². The van der Waals surface area contributed by atoms with Gasteiger partial charge >= 0.3 is 10.5 Å². The molecule has 308 valence electrons. The van der Waals surface area contributed by atoms with Gasteiger partial charge in [-0.2, -0.15) is 8.42 Å². The first kappa shape index (κ1) is 42.2. The van der Waals surface area contributed by atoms with Crippen LogP contribution in [-0.2, 0) is 16.9 Å². The van der Waals surface area contributed by atoms with Crippen molar-refractivity contribution in [1.82, 2.24) is 0 Å². The van der Waals surface area contributed by atoms with Crippen LogP contribution in [-0.4, -0.2) is 26.5 Å². The maximum atomic E-state index is 13.3. The van der Waals surface area contributed by atoms with Crippen LogP contribution in [0, 0.1) is 23.2 Å². The largest absolute Gasteiger partial charge is 0.488 e. The van der Waals surface area contributed by atoms with E-state index in [2.05, 4.69) is 132 Å². The molecule has 6 aromatic carbocycles. The van der Waals surface area contributed by atoms with Gasteiger partial charge in [0.25, 0.3) is 0 Å². The molecule has 0 aliphatic heterocycles. The standard InChI is InChI=1S/C27H26P2.C25H27FO4S/c1-5-14-24(15-6-1)28(25-16-7-2-8-17-25)22-13-23-29(26-18-9-3-10-19-26)27-20-11-4-12-21-27;1-25-14-13-20-19-10-8-18(30-31(26,28)29)15-17(19)7-9-21(20)22(25)11-12-23(25)24(27)16-5-3-2-4-6-16/h1-12,14-21H,13,22-23H2;2-6,8,10,15,20-23H,7,9,11-14H2,1H3/t;20-,21-,22+,23-,25+/m.1/s1.